The second-order valence-corrected chi connectivity index (χ2v) is 4.36. The van der Waals surface area contributed by atoms with E-state index in [1.54, 1.807) is 26.1 Å². The van der Waals surface area contributed by atoms with Gasteiger partial charge in [-0.05, 0) is 12.5 Å². The summed E-state index contributed by atoms with van der Waals surface area (Å²) in [5.74, 6) is -0.0727. The molecule has 0 aliphatic rings. The van der Waals surface area contributed by atoms with Gasteiger partial charge in [-0.3, -0.25) is 14.9 Å². The quantitative estimate of drug-likeness (QED) is 0.630. The van der Waals surface area contributed by atoms with Gasteiger partial charge in [-0.15, -0.1) is 0 Å². The van der Waals surface area contributed by atoms with Crippen molar-refractivity contribution < 1.29 is 9.72 Å². The number of nitrogens with zero attached hydrogens (tertiary/aromatic N) is 2. The highest BCUT2D eigenvalue weighted by atomic mass is 16.6. The molecule has 0 aliphatic carbocycles. The van der Waals surface area contributed by atoms with Crippen LogP contribution >= 0.6 is 0 Å². The van der Waals surface area contributed by atoms with Crippen LogP contribution in [0, 0.1) is 10.1 Å². The molecule has 0 fully saturated rings. The number of rotatable bonds is 5. The number of benzene rings is 1. The molecule has 1 rings (SSSR count). The van der Waals surface area contributed by atoms with Crippen molar-refractivity contribution in [3.05, 3.63) is 39.9 Å². The van der Waals surface area contributed by atoms with E-state index < -0.39 is 4.92 Å². The van der Waals surface area contributed by atoms with Crippen LogP contribution in [0.1, 0.15) is 18.9 Å². The Kier molecular flexibility index (Phi) is 4.79. The van der Waals surface area contributed by atoms with Crippen molar-refractivity contribution in [1.82, 2.24) is 4.90 Å². The number of nitro groups is 1. The number of hydrogen-bond acceptors (Lipinski definition) is 4. The molecule has 1 amide bonds. The van der Waals surface area contributed by atoms with Crippen LogP contribution in [0.15, 0.2) is 24.3 Å². The van der Waals surface area contributed by atoms with Crippen LogP contribution < -0.4 is 5.73 Å². The Hall–Kier alpha value is -1.95. The Labute approximate surface area is 106 Å². The molecule has 98 valence electrons. The Balaban J connectivity index is 2.69. The molecule has 0 aliphatic heterocycles. The van der Waals surface area contributed by atoms with Gasteiger partial charge in [-0.25, -0.2) is 0 Å². The van der Waals surface area contributed by atoms with Crippen LogP contribution in [-0.2, 0) is 11.3 Å². The minimum atomic E-state index is -0.451. The molecular formula is C12H17N3O3. The summed E-state index contributed by atoms with van der Waals surface area (Å²) >= 11 is 0. The van der Waals surface area contributed by atoms with Gasteiger partial charge in [-0.1, -0.05) is 12.1 Å². The summed E-state index contributed by atoms with van der Waals surface area (Å²) < 4.78 is 0. The number of nitrogens with two attached hydrogens (primary N) is 1. The second kappa shape index (κ2) is 6.11. The maximum atomic E-state index is 11.7. The first-order valence-corrected chi connectivity index (χ1v) is 5.63. The van der Waals surface area contributed by atoms with E-state index in [4.69, 9.17) is 5.73 Å². The lowest BCUT2D eigenvalue weighted by atomic mass is 10.1. The highest BCUT2D eigenvalue weighted by molar-refractivity contribution is 5.76. The molecule has 6 heteroatoms. The minimum Gasteiger partial charge on any atom is -0.341 e. The SMILES string of the molecule is CC(N)CC(=O)N(C)Cc1cccc([N+](=O)[O-])c1. The van der Waals surface area contributed by atoms with E-state index in [9.17, 15) is 14.9 Å². The van der Waals surface area contributed by atoms with E-state index in [0.29, 0.717) is 6.54 Å². The Morgan fingerprint density at radius 2 is 2.22 bits per heavy atom. The van der Waals surface area contributed by atoms with E-state index in [0.717, 1.165) is 5.56 Å². The van der Waals surface area contributed by atoms with E-state index in [-0.39, 0.29) is 24.1 Å². The minimum absolute atomic E-state index is 0.0283. The molecule has 0 aromatic heterocycles. The molecule has 1 aromatic rings. The number of hydrogen-bond donors (Lipinski definition) is 1. The Morgan fingerprint density at radius 1 is 1.56 bits per heavy atom. The third-order valence-corrected chi connectivity index (χ3v) is 2.46. The first-order chi connectivity index (χ1) is 8.40. The van der Waals surface area contributed by atoms with Gasteiger partial charge in [0, 0.05) is 38.2 Å². The molecule has 18 heavy (non-hydrogen) atoms. The van der Waals surface area contributed by atoms with Crippen LogP contribution in [0.5, 0.6) is 0 Å². The van der Waals surface area contributed by atoms with Gasteiger partial charge in [-0.2, -0.15) is 0 Å². The molecule has 0 radical (unpaired) electrons. The highest BCUT2D eigenvalue weighted by Crippen LogP contribution is 2.14. The molecule has 1 unspecified atom stereocenters. The normalized spacial score (nSPS) is 11.9. The number of non-ortho nitro benzene ring substituents is 1. The van der Waals surface area contributed by atoms with E-state index in [1.165, 1.54) is 17.0 Å². The van der Waals surface area contributed by atoms with Crippen molar-refractivity contribution in [3.63, 3.8) is 0 Å². The average molecular weight is 251 g/mol. The first kappa shape index (κ1) is 14.1. The summed E-state index contributed by atoms with van der Waals surface area (Å²) in [6.07, 6.45) is 0.269. The van der Waals surface area contributed by atoms with Crippen molar-refractivity contribution in [1.29, 1.82) is 0 Å². The lowest BCUT2D eigenvalue weighted by Gasteiger charge is -2.18. The van der Waals surface area contributed by atoms with Crippen molar-refractivity contribution in [2.24, 2.45) is 5.73 Å². The predicted octanol–water partition coefficient (Wildman–Crippen LogP) is 1.29. The zero-order valence-corrected chi connectivity index (χ0v) is 10.5. The van der Waals surface area contributed by atoms with E-state index in [2.05, 4.69) is 0 Å². The highest BCUT2D eigenvalue weighted by Gasteiger charge is 2.12. The van der Waals surface area contributed by atoms with Crippen molar-refractivity contribution in [3.8, 4) is 0 Å². The number of carbonyl (C=O) groups excluding carboxylic acids is 1. The molecule has 2 N–H and O–H groups in total. The van der Waals surface area contributed by atoms with E-state index >= 15 is 0 Å². The topological polar surface area (TPSA) is 89.5 Å². The number of amides is 1. The maximum absolute atomic E-state index is 11.7. The standard InChI is InChI=1S/C12H17N3O3/c1-9(13)6-12(16)14(2)8-10-4-3-5-11(7-10)15(17)18/h3-5,7,9H,6,8,13H2,1-2H3. The largest absolute Gasteiger partial charge is 0.341 e. The predicted molar refractivity (Wildman–Crippen MR) is 67.8 cm³/mol. The van der Waals surface area contributed by atoms with Crippen molar-refractivity contribution in [2.75, 3.05) is 7.05 Å². The van der Waals surface area contributed by atoms with Crippen LogP contribution in [0.4, 0.5) is 5.69 Å². The molecule has 0 spiro atoms. The van der Waals surface area contributed by atoms with Gasteiger partial charge < -0.3 is 10.6 Å². The maximum Gasteiger partial charge on any atom is 0.269 e. The summed E-state index contributed by atoms with van der Waals surface area (Å²) in [5.41, 5.74) is 6.31. The first-order valence-electron chi connectivity index (χ1n) is 5.63. The molecule has 1 aromatic carbocycles. The molecule has 1 atom stereocenters. The summed E-state index contributed by atoms with van der Waals surface area (Å²) in [6, 6.07) is 6.06. The number of nitro benzene ring substituents is 1. The monoisotopic (exact) mass is 251 g/mol. The van der Waals surface area contributed by atoms with Gasteiger partial charge in [0.1, 0.15) is 0 Å². The van der Waals surface area contributed by atoms with Crippen LogP contribution in [0.2, 0.25) is 0 Å². The van der Waals surface area contributed by atoms with Gasteiger partial charge in [0.05, 0.1) is 4.92 Å². The Morgan fingerprint density at radius 3 is 2.78 bits per heavy atom. The lowest BCUT2D eigenvalue weighted by molar-refractivity contribution is -0.384. The molecule has 6 nitrogen and oxygen atoms in total. The number of carbonyl (C=O) groups is 1. The summed E-state index contributed by atoms with van der Waals surface area (Å²) in [5, 5.41) is 10.6. The molecule has 0 saturated carbocycles. The zero-order chi connectivity index (χ0) is 13.7. The van der Waals surface area contributed by atoms with Gasteiger partial charge >= 0.3 is 0 Å². The van der Waals surface area contributed by atoms with Crippen molar-refractivity contribution >= 4 is 11.6 Å². The smallest absolute Gasteiger partial charge is 0.269 e. The fourth-order valence-corrected chi connectivity index (χ4v) is 1.56. The summed E-state index contributed by atoms with van der Waals surface area (Å²) in [4.78, 5) is 23.4. The summed E-state index contributed by atoms with van der Waals surface area (Å²) in [6.45, 7) is 2.10. The fourth-order valence-electron chi connectivity index (χ4n) is 1.56. The average Bonchev–Trinajstić information content (AvgIpc) is 2.28. The molecular weight excluding hydrogens is 234 g/mol. The van der Waals surface area contributed by atoms with Crippen LogP contribution in [-0.4, -0.2) is 28.8 Å². The molecule has 0 bridgehead atoms. The third-order valence-electron chi connectivity index (χ3n) is 2.46. The molecule has 0 saturated heterocycles. The summed E-state index contributed by atoms with van der Waals surface area (Å²) in [7, 11) is 1.66. The lowest BCUT2D eigenvalue weighted by Crippen LogP contribution is -2.31. The fraction of sp³-hybridized carbons (Fsp3) is 0.417. The van der Waals surface area contributed by atoms with E-state index in [1.807, 2.05) is 0 Å². The third kappa shape index (κ3) is 4.14. The van der Waals surface area contributed by atoms with Gasteiger partial charge in [0.15, 0.2) is 0 Å². The Bertz CT molecular complexity index is 446. The second-order valence-electron chi connectivity index (χ2n) is 4.36. The zero-order valence-electron chi connectivity index (χ0n) is 10.5. The van der Waals surface area contributed by atoms with Crippen molar-refractivity contribution in [2.45, 2.75) is 25.9 Å². The van der Waals surface area contributed by atoms with Gasteiger partial charge in [0.2, 0.25) is 5.91 Å². The van der Waals surface area contributed by atoms with Gasteiger partial charge in [0.25, 0.3) is 5.69 Å². The van der Waals surface area contributed by atoms with Crippen LogP contribution in [0.3, 0.4) is 0 Å². The van der Waals surface area contributed by atoms with Crippen LogP contribution in [0.25, 0.3) is 0 Å². The molecule has 0 heterocycles.